The van der Waals surface area contributed by atoms with Crippen LogP contribution in [0.25, 0.3) is 0 Å². The van der Waals surface area contributed by atoms with E-state index in [9.17, 15) is 4.79 Å². The molecule has 1 atom stereocenters. The molecule has 0 saturated carbocycles. The van der Waals surface area contributed by atoms with Crippen LogP contribution < -0.4 is 27.5 Å². The molecule has 1 aliphatic heterocycles. The van der Waals surface area contributed by atoms with Gasteiger partial charge in [0.05, 0.1) is 35.3 Å². The Morgan fingerprint density at radius 3 is 2.65 bits per heavy atom. The number of carbonyl (C=O) groups excluding carboxylic acids is 1. The van der Waals surface area contributed by atoms with Crippen molar-refractivity contribution in [2.75, 3.05) is 29.9 Å². The number of H-pyrrole nitrogens is 1. The van der Waals surface area contributed by atoms with Crippen LogP contribution in [0.3, 0.4) is 0 Å². The standard InChI is InChI=1S/C19H25Cl2N7O.C2H5/c1-10-15(20)16(21)17(25-10)19(29)26-13-5-4-12(18(23)27-24)7-14(13)28-6-2-3-11(8-22)9-28;1-2/h4-5,7,11,25H,2-3,6,8-9,22,24H2,1H3,(H2,23,27)(H,26,29);1H2,2H3/q;+1. The van der Waals surface area contributed by atoms with Gasteiger partial charge >= 0.3 is 0 Å². The molecule has 0 bridgehead atoms. The van der Waals surface area contributed by atoms with Crippen LogP contribution in [-0.4, -0.2) is 36.4 Å². The number of nitrogens with two attached hydrogens (primary N) is 3. The van der Waals surface area contributed by atoms with Crippen LogP contribution in [0.4, 0.5) is 11.4 Å². The number of anilines is 2. The van der Waals surface area contributed by atoms with Gasteiger partial charge < -0.3 is 32.5 Å². The molecule has 2 heterocycles. The van der Waals surface area contributed by atoms with Crippen LogP contribution in [0.1, 0.15) is 41.5 Å². The van der Waals surface area contributed by atoms with Crippen molar-refractivity contribution >= 4 is 46.3 Å². The first kappa shape index (κ1) is 24.7. The number of hydrogen-bond acceptors (Lipinski definition) is 5. The third kappa shape index (κ3) is 5.58. The zero-order valence-electron chi connectivity index (χ0n) is 17.8. The Balaban J connectivity index is 0.00000166. The number of halogens is 2. The minimum absolute atomic E-state index is 0.195. The van der Waals surface area contributed by atoms with Gasteiger partial charge in [-0.2, -0.15) is 5.10 Å². The number of hydrogen-bond donors (Lipinski definition) is 5. The minimum atomic E-state index is -0.383. The van der Waals surface area contributed by atoms with Crippen LogP contribution in [-0.2, 0) is 0 Å². The molecule has 3 rings (SSSR count). The van der Waals surface area contributed by atoms with Gasteiger partial charge in [-0.05, 0) is 50.4 Å². The monoisotopic (exact) mass is 466 g/mol. The smallest absolute Gasteiger partial charge is 0.273 e. The molecule has 1 aromatic carbocycles. The first-order chi connectivity index (χ1) is 14.8. The lowest BCUT2D eigenvalue weighted by Crippen LogP contribution is -2.39. The fraction of sp³-hybridized carbons (Fsp3) is 0.381. The summed E-state index contributed by atoms with van der Waals surface area (Å²) in [6.07, 6.45) is 2.09. The quantitative estimate of drug-likeness (QED) is 0.151. The van der Waals surface area contributed by atoms with Gasteiger partial charge in [0.1, 0.15) is 11.5 Å². The van der Waals surface area contributed by atoms with Gasteiger partial charge in [0, 0.05) is 24.3 Å². The number of aromatic nitrogens is 1. The van der Waals surface area contributed by atoms with E-state index < -0.39 is 0 Å². The van der Waals surface area contributed by atoms with E-state index in [2.05, 4.69) is 27.2 Å². The van der Waals surface area contributed by atoms with E-state index in [0.29, 0.717) is 34.4 Å². The Hall–Kier alpha value is -2.55. The van der Waals surface area contributed by atoms with Crippen LogP contribution in [0.15, 0.2) is 23.3 Å². The van der Waals surface area contributed by atoms with E-state index in [-0.39, 0.29) is 22.5 Å². The molecule has 0 aliphatic carbocycles. The maximum Gasteiger partial charge on any atom is 0.273 e. The highest BCUT2D eigenvalue weighted by Gasteiger charge is 2.24. The number of nitrogens with one attached hydrogen (secondary N) is 2. The summed E-state index contributed by atoms with van der Waals surface area (Å²) >= 11 is 12.3. The molecule has 2 aromatic rings. The Morgan fingerprint density at radius 1 is 1.35 bits per heavy atom. The van der Waals surface area contributed by atoms with E-state index in [0.717, 1.165) is 31.6 Å². The normalized spacial score (nSPS) is 16.5. The lowest BCUT2D eigenvalue weighted by Gasteiger charge is -2.35. The number of aryl methyl sites for hydroxylation is 1. The van der Waals surface area contributed by atoms with Crippen molar-refractivity contribution in [1.82, 2.24) is 4.98 Å². The highest BCUT2D eigenvalue weighted by molar-refractivity contribution is 6.44. The molecular formula is C21H30Cl2N7O+. The zero-order valence-corrected chi connectivity index (χ0v) is 19.4. The molecule has 1 aromatic heterocycles. The molecule has 8 nitrogen and oxygen atoms in total. The van der Waals surface area contributed by atoms with Crippen molar-refractivity contribution in [3.63, 3.8) is 0 Å². The molecule has 1 saturated heterocycles. The van der Waals surface area contributed by atoms with Crippen molar-refractivity contribution in [3.05, 3.63) is 52.1 Å². The third-order valence-electron chi connectivity index (χ3n) is 5.15. The molecule has 1 aliphatic rings. The number of nitrogens with zero attached hydrogens (tertiary/aromatic N) is 2. The van der Waals surface area contributed by atoms with Crippen LogP contribution in [0.2, 0.25) is 10.0 Å². The van der Waals surface area contributed by atoms with Gasteiger partial charge in [-0.3, -0.25) is 4.79 Å². The van der Waals surface area contributed by atoms with Gasteiger partial charge in [-0.25, -0.2) is 0 Å². The SMILES string of the molecule is Cc1[nH]c(C(=O)Nc2ccc(/C(N)=N/N)cc2N2CCCC(CN)C2)c(Cl)c1Cl.[CH2+]C. The number of benzene rings is 1. The number of rotatable bonds is 5. The van der Waals surface area contributed by atoms with E-state index in [1.54, 1.807) is 26.0 Å². The Morgan fingerprint density at radius 2 is 2.06 bits per heavy atom. The van der Waals surface area contributed by atoms with E-state index in [1.807, 2.05) is 6.07 Å². The fourth-order valence-electron chi connectivity index (χ4n) is 3.52. The molecule has 31 heavy (non-hydrogen) atoms. The van der Waals surface area contributed by atoms with Crippen LogP contribution >= 0.6 is 23.2 Å². The van der Waals surface area contributed by atoms with Crippen molar-refractivity contribution in [2.45, 2.75) is 26.7 Å². The summed E-state index contributed by atoms with van der Waals surface area (Å²) in [5.41, 5.74) is 14.7. The van der Waals surface area contributed by atoms with Gasteiger partial charge in [0.2, 0.25) is 0 Å². The fourth-order valence-corrected chi connectivity index (χ4v) is 3.94. The molecule has 0 radical (unpaired) electrons. The summed E-state index contributed by atoms with van der Waals surface area (Å²) in [6, 6.07) is 5.40. The summed E-state index contributed by atoms with van der Waals surface area (Å²) in [6.45, 7) is 8.99. The summed E-state index contributed by atoms with van der Waals surface area (Å²) in [5.74, 6) is 5.55. The molecule has 1 unspecified atom stereocenters. The summed E-state index contributed by atoms with van der Waals surface area (Å²) in [5, 5.41) is 7.02. The third-order valence-corrected chi connectivity index (χ3v) is 6.10. The van der Waals surface area contributed by atoms with Crippen molar-refractivity contribution in [2.24, 2.45) is 28.3 Å². The van der Waals surface area contributed by atoms with Crippen molar-refractivity contribution < 1.29 is 4.79 Å². The van der Waals surface area contributed by atoms with E-state index in [1.165, 1.54) is 0 Å². The average molecular weight is 467 g/mol. The zero-order chi connectivity index (χ0) is 23.1. The number of hydrazone groups is 1. The van der Waals surface area contributed by atoms with E-state index >= 15 is 0 Å². The lowest BCUT2D eigenvalue weighted by molar-refractivity contribution is 0.102. The summed E-state index contributed by atoms with van der Waals surface area (Å²) < 4.78 is 0. The first-order valence-electron chi connectivity index (χ1n) is 10.0. The maximum atomic E-state index is 12.8. The molecule has 1 fully saturated rings. The number of aromatic amines is 1. The molecule has 168 valence electrons. The predicted molar refractivity (Wildman–Crippen MR) is 130 cm³/mol. The largest absolute Gasteiger partial charge is 0.382 e. The topological polar surface area (TPSA) is 139 Å². The molecular weight excluding hydrogens is 437 g/mol. The Kier molecular flexibility index (Phi) is 8.91. The molecule has 1 amide bonds. The highest BCUT2D eigenvalue weighted by atomic mass is 35.5. The molecule has 10 heteroatoms. The second kappa shape index (κ2) is 11.2. The summed E-state index contributed by atoms with van der Waals surface area (Å²) in [4.78, 5) is 18.0. The number of carbonyl (C=O) groups is 1. The van der Waals surface area contributed by atoms with Gasteiger partial charge in [-0.15, -0.1) is 0 Å². The molecule has 8 N–H and O–H groups in total. The van der Waals surface area contributed by atoms with Crippen LogP contribution in [0, 0.1) is 19.8 Å². The van der Waals surface area contributed by atoms with Gasteiger partial charge in [0.25, 0.3) is 5.91 Å². The number of piperidine rings is 1. The van der Waals surface area contributed by atoms with Crippen molar-refractivity contribution in [1.29, 1.82) is 0 Å². The predicted octanol–water partition coefficient (Wildman–Crippen LogP) is 3.48. The second-order valence-corrected chi connectivity index (χ2v) is 7.90. The average Bonchev–Trinajstić information content (AvgIpc) is 3.07. The number of amides is 1. The Labute approximate surface area is 193 Å². The minimum Gasteiger partial charge on any atom is -0.382 e. The maximum absolute atomic E-state index is 12.8. The van der Waals surface area contributed by atoms with Crippen LogP contribution in [0.5, 0.6) is 0 Å². The van der Waals surface area contributed by atoms with Crippen molar-refractivity contribution in [3.8, 4) is 0 Å². The summed E-state index contributed by atoms with van der Waals surface area (Å²) in [7, 11) is 0. The Bertz CT molecular complexity index is 942. The van der Waals surface area contributed by atoms with E-state index in [4.69, 9.17) is 40.5 Å². The number of amidine groups is 1. The van der Waals surface area contributed by atoms with Gasteiger partial charge in [-0.1, -0.05) is 23.2 Å². The molecule has 0 spiro atoms. The highest BCUT2D eigenvalue weighted by Crippen LogP contribution is 2.33. The lowest BCUT2D eigenvalue weighted by atomic mass is 9.97. The first-order valence-corrected chi connectivity index (χ1v) is 10.8. The second-order valence-electron chi connectivity index (χ2n) is 7.14. The van der Waals surface area contributed by atoms with Gasteiger partial charge in [0.15, 0.2) is 0 Å².